The Labute approximate surface area is 107 Å². The molecule has 0 aliphatic rings. The predicted molar refractivity (Wildman–Crippen MR) is 71.7 cm³/mol. The van der Waals surface area contributed by atoms with E-state index in [9.17, 15) is 13.2 Å². The molecule has 0 fully saturated rings. The Morgan fingerprint density at radius 2 is 1.94 bits per heavy atom. The summed E-state index contributed by atoms with van der Waals surface area (Å²) in [7, 11) is -3.19. The molecule has 0 aromatic heterocycles. The van der Waals surface area contributed by atoms with E-state index in [1.54, 1.807) is 0 Å². The predicted octanol–water partition coefficient (Wildman–Crippen LogP) is 0.939. The molecule has 4 N–H and O–H groups in total. The summed E-state index contributed by atoms with van der Waals surface area (Å²) in [6, 6.07) is 4.43. The summed E-state index contributed by atoms with van der Waals surface area (Å²) in [5.74, 6) is -0.514. The molecule has 0 spiro atoms. The van der Waals surface area contributed by atoms with Gasteiger partial charge in [0.2, 0.25) is 5.91 Å². The van der Waals surface area contributed by atoms with E-state index in [4.69, 9.17) is 11.5 Å². The monoisotopic (exact) mass is 270 g/mol. The summed E-state index contributed by atoms with van der Waals surface area (Å²) in [6.45, 7) is 3.69. The number of hydrogen-bond donors (Lipinski definition) is 2. The van der Waals surface area contributed by atoms with Gasteiger partial charge in [-0.3, -0.25) is 4.79 Å². The molecule has 1 aromatic rings. The van der Waals surface area contributed by atoms with Gasteiger partial charge in [-0.25, -0.2) is 8.42 Å². The number of carbonyl (C=O) groups is 1. The maximum Gasteiger partial charge on any atom is 0.248 e. The van der Waals surface area contributed by atoms with Gasteiger partial charge in [0.15, 0.2) is 9.84 Å². The van der Waals surface area contributed by atoms with Crippen LogP contribution in [0.1, 0.15) is 29.8 Å². The van der Waals surface area contributed by atoms with Gasteiger partial charge in [0.25, 0.3) is 0 Å². The van der Waals surface area contributed by atoms with Crippen LogP contribution in [0.25, 0.3) is 0 Å². The third kappa shape index (κ3) is 4.03. The fourth-order valence-corrected chi connectivity index (χ4v) is 3.55. The number of amides is 1. The van der Waals surface area contributed by atoms with Crippen LogP contribution in [0, 0.1) is 5.92 Å². The zero-order chi connectivity index (χ0) is 13.9. The van der Waals surface area contributed by atoms with Crippen molar-refractivity contribution in [3.63, 3.8) is 0 Å². The SMILES string of the molecule is CC(C)CS(=O)(=O)Cc1ccc(C(N)=O)cc1N. The van der Waals surface area contributed by atoms with Gasteiger partial charge in [0.1, 0.15) is 0 Å². The quantitative estimate of drug-likeness (QED) is 0.777. The molecule has 0 atom stereocenters. The second-order valence-corrected chi connectivity index (χ2v) is 6.84. The molecule has 0 saturated heterocycles. The van der Waals surface area contributed by atoms with Crippen LogP contribution in [-0.4, -0.2) is 20.1 Å². The Balaban J connectivity index is 2.96. The van der Waals surface area contributed by atoms with Crippen molar-refractivity contribution in [1.82, 2.24) is 0 Å². The summed E-state index contributed by atoms with van der Waals surface area (Å²) in [5, 5.41) is 0. The number of carbonyl (C=O) groups excluding carboxylic acids is 1. The highest BCUT2D eigenvalue weighted by Gasteiger charge is 2.16. The van der Waals surface area contributed by atoms with E-state index in [1.165, 1.54) is 18.2 Å². The standard InChI is InChI=1S/C12H18N2O3S/c1-8(2)6-18(16,17)7-10-4-3-9(12(14)15)5-11(10)13/h3-5,8H,6-7,13H2,1-2H3,(H2,14,15). The molecule has 0 saturated carbocycles. The van der Waals surface area contributed by atoms with Crippen molar-refractivity contribution < 1.29 is 13.2 Å². The van der Waals surface area contributed by atoms with E-state index < -0.39 is 15.7 Å². The number of nitrogen functional groups attached to an aromatic ring is 1. The molecule has 6 heteroatoms. The van der Waals surface area contributed by atoms with Gasteiger partial charge in [-0.2, -0.15) is 0 Å². The van der Waals surface area contributed by atoms with Crippen molar-refractivity contribution in [2.75, 3.05) is 11.5 Å². The number of anilines is 1. The van der Waals surface area contributed by atoms with Gasteiger partial charge >= 0.3 is 0 Å². The lowest BCUT2D eigenvalue weighted by molar-refractivity contribution is 0.100. The molecule has 0 unspecified atom stereocenters. The molecule has 5 nitrogen and oxygen atoms in total. The van der Waals surface area contributed by atoms with Gasteiger partial charge < -0.3 is 11.5 Å². The third-order valence-corrected chi connectivity index (χ3v) is 4.32. The highest BCUT2D eigenvalue weighted by molar-refractivity contribution is 7.90. The molecule has 1 amide bonds. The van der Waals surface area contributed by atoms with E-state index >= 15 is 0 Å². The second-order valence-electron chi connectivity index (χ2n) is 4.73. The molecule has 0 aliphatic heterocycles. The van der Waals surface area contributed by atoms with Gasteiger partial charge in [-0.1, -0.05) is 19.9 Å². The molecular weight excluding hydrogens is 252 g/mol. The average Bonchev–Trinajstić information content (AvgIpc) is 2.18. The van der Waals surface area contributed by atoms with E-state index in [1.807, 2.05) is 13.8 Å². The maximum atomic E-state index is 11.8. The number of benzene rings is 1. The maximum absolute atomic E-state index is 11.8. The minimum Gasteiger partial charge on any atom is -0.398 e. The van der Waals surface area contributed by atoms with Crippen molar-refractivity contribution in [2.24, 2.45) is 11.7 Å². The van der Waals surface area contributed by atoms with E-state index in [0.717, 1.165) is 0 Å². The van der Waals surface area contributed by atoms with Crippen LogP contribution in [-0.2, 0) is 15.6 Å². The molecule has 0 heterocycles. The first-order valence-corrected chi connectivity index (χ1v) is 7.42. The Morgan fingerprint density at radius 3 is 2.39 bits per heavy atom. The van der Waals surface area contributed by atoms with Crippen molar-refractivity contribution in [1.29, 1.82) is 0 Å². The number of nitrogens with two attached hydrogens (primary N) is 2. The molecule has 100 valence electrons. The van der Waals surface area contributed by atoms with E-state index in [-0.39, 0.29) is 28.7 Å². The highest BCUT2D eigenvalue weighted by Crippen LogP contribution is 2.18. The van der Waals surface area contributed by atoms with Crippen molar-refractivity contribution in [3.8, 4) is 0 Å². The van der Waals surface area contributed by atoms with Crippen LogP contribution in [0.3, 0.4) is 0 Å². The zero-order valence-electron chi connectivity index (χ0n) is 10.5. The highest BCUT2D eigenvalue weighted by atomic mass is 32.2. The minimum absolute atomic E-state index is 0.0705. The molecule has 1 aromatic carbocycles. The van der Waals surface area contributed by atoms with Gasteiger partial charge in [-0.15, -0.1) is 0 Å². The van der Waals surface area contributed by atoms with Gasteiger partial charge in [0, 0.05) is 11.3 Å². The van der Waals surface area contributed by atoms with Crippen LogP contribution in [0.5, 0.6) is 0 Å². The van der Waals surface area contributed by atoms with Crippen molar-refractivity contribution >= 4 is 21.4 Å². The Morgan fingerprint density at radius 1 is 1.33 bits per heavy atom. The number of hydrogen-bond acceptors (Lipinski definition) is 4. The Kier molecular flexibility index (Phi) is 4.34. The van der Waals surface area contributed by atoms with E-state index in [0.29, 0.717) is 5.56 Å². The number of sulfone groups is 1. The Bertz CT molecular complexity index is 550. The zero-order valence-corrected chi connectivity index (χ0v) is 11.3. The molecule has 0 bridgehead atoms. The van der Waals surface area contributed by atoms with Crippen LogP contribution in [0.4, 0.5) is 5.69 Å². The number of primary amides is 1. The lowest BCUT2D eigenvalue weighted by Gasteiger charge is -2.09. The summed E-state index contributed by atoms with van der Waals surface area (Å²) >= 11 is 0. The molecule has 0 aliphatic carbocycles. The minimum atomic E-state index is -3.19. The molecule has 18 heavy (non-hydrogen) atoms. The first-order valence-electron chi connectivity index (χ1n) is 5.60. The largest absolute Gasteiger partial charge is 0.398 e. The lowest BCUT2D eigenvalue weighted by Crippen LogP contribution is -2.16. The summed E-state index contributed by atoms with van der Waals surface area (Å²) in [4.78, 5) is 10.9. The van der Waals surface area contributed by atoms with Crippen LogP contribution in [0.15, 0.2) is 18.2 Å². The molecular formula is C12H18N2O3S. The van der Waals surface area contributed by atoms with Crippen LogP contribution >= 0.6 is 0 Å². The van der Waals surface area contributed by atoms with Crippen LogP contribution < -0.4 is 11.5 Å². The fourth-order valence-electron chi connectivity index (χ4n) is 1.68. The van der Waals surface area contributed by atoms with E-state index in [2.05, 4.69) is 0 Å². The van der Waals surface area contributed by atoms with Crippen LogP contribution in [0.2, 0.25) is 0 Å². The number of rotatable bonds is 5. The normalized spacial score (nSPS) is 11.7. The average molecular weight is 270 g/mol. The molecule has 0 radical (unpaired) electrons. The Hall–Kier alpha value is -1.56. The van der Waals surface area contributed by atoms with Crippen molar-refractivity contribution in [3.05, 3.63) is 29.3 Å². The topological polar surface area (TPSA) is 103 Å². The van der Waals surface area contributed by atoms with Gasteiger partial charge in [0.05, 0.1) is 11.5 Å². The fraction of sp³-hybridized carbons (Fsp3) is 0.417. The van der Waals surface area contributed by atoms with Crippen molar-refractivity contribution in [2.45, 2.75) is 19.6 Å². The second kappa shape index (κ2) is 5.39. The third-order valence-electron chi connectivity index (χ3n) is 2.39. The summed E-state index contributed by atoms with van der Waals surface area (Å²) in [5.41, 5.74) is 11.9. The van der Waals surface area contributed by atoms with Gasteiger partial charge in [-0.05, 0) is 23.6 Å². The molecule has 1 rings (SSSR count). The first kappa shape index (κ1) is 14.5. The summed E-state index contributed by atoms with van der Waals surface area (Å²) < 4.78 is 23.7. The smallest absolute Gasteiger partial charge is 0.248 e. The lowest BCUT2D eigenvalue weighted by atomic mass is 10.1. The first-order chi connectivity index (χ1) is 8.21. The summed E-state index contributed by atoms with van der Waals surface area (Å²) in [6.07, 6.45) is 0.